The van der Waals surface area contributed by atoms with E-state index in [2.05, 4.69) is 23.8 Å². The largest absolute Gasteiger partial charge is 0.451 e. The number of hydrogen-bond donors (Lipinski definition) is 0. The third-order valence-electron chi connectivity index (χ3n) is 3.93. The molecule has 2 aromatic rings. The van der Waals surface area contributed by atoms with Crippen LogP contribution >= 0.6 is 0 Å². The molecule has 0 bridgehead atoms. The maximum absolute atomic E-state index is 11.3. The number of furan rings is 1. The number of carbonyl (C=O) groups excluding carboxylic acids is 1. The lowest BCUT2D eigenvalue weighted by Gasteiger charge is -2.19. The van der Waals surface area contributed by atoms with E-state index in [1.54, 1.807) is 12.1 Å². The van der Waals surface area contributed by atoms with Crippen molar-refractivity contribution in [2.45, 2.75) is 33.1 Å². The minimum absolute atomic E-state index is 0.0748. The van der Waals surface area contributed by atoms with Gasteiger partial charge in [-0.3, -0.25) is 4.79 Å². The van der Waals surface area contributed by atoms with Crippen molar-refractivity contribution in [3.8, 4) is 11.5 Å². The van der Waals surface area contributed by atoms with E-state index in [4.69, 9.17) is 4.42 Å². The number of nitrogens with zero attached hydrogens (tertiary/aromatic N) is 2. The van der Waals surface area contributed by atoms with E-state index in [-0.39, 0.29) is 11.2 Å². The molecule has 3 heterocycles. The molecule has 0 saturated carbocycles. The van der Waals surface area contributed by atoms with Gasteiger partial charge in [0, 0.05) is 23.6 Å². The molecule has 0 aromatic carbocycles. The molecule has 1 aliphatic heterocycles. The van der Waals surface area contributed by atoms with Crippen LogP contribution in [-0.2, 0) is 5.41 Å². The average molecular weight is 268 g/mol. The van der Waals surface area contributed by atoms with Gasteiger partial charge in [0.05, 0.1) is 0 Å². The molecule has 0 aliphatic carbocycles. The lowest BCUT2D eigenvalue weighted by atomic mass is 9.83. The molecule has 0 fully saturated rings. The molecule has 0 radical (unpaired) electrons. The number of fused-ring (bicyclic) bond motifs is 1. The van der Waals surface area contributed by atoms with Gasteiger partial charge in [-0.2, -0.15) is 0 Å². The fourth-order valence-corrected chi connectivity index (χ4v) is 2.32. The van der Waals surface area contributed by atoms with Gasteiger partial charge in [-0.05, 0) is 25.1 Å². The van der Waals surface area contributed by atoms with Crippen molar-refractivity contribution in [1.29, 1.82) is 0 Å². The van der Waals surface area contributed by atoms with Crippen LogP contribution in [0.1, 0.15) is 43.8 Å². The number of pyridine rings is 1. The van der Waals surface area contributed by atoms with Crippen molar-refractivity contribution < 1.29 is 9.21 Å². The number of aromatic nitrogens is 1. The molecule has 0 N–H and O–H groups in total. The van der Waals surface area contributed by atoms with E-state index in [0.717, 1.165) is 17.1 Å². The summed E-state index contributed by atoms with van der Waals surface area (Å²) in [6.45, 7) is 7.77. The fraction of sp³-hybridized carbons (Fsp3) is 0.312. The molecule has 0 amide bonds. The summed E-state index contributed by atoms with van der Waals surface area (Å²) >= 11 is 0. The van der Waals surface area contributed by atoms with E-state index < -0.39 is 0 Å². The molecule has 0 spiro atoms. The summed E-state index contributed by atoms with van der Waals surface area (Å²) in [5, 5.41) is 0. The zero-order valence-corrected chi connectivity index (χ0v) is 12.0. The van der Waals surface area contributed by atoms with E-state index in [0.29, 0.717) is 17.2 Å². The Labute approximate surface area is 117 Å². The first-order valence-electron chi connectivity index (χ1n) is 6.58. The summed E-state index contributed by atoms with van der Waals surface area (Å²) < 4.78 is 5.51. The Hall–Kier alpha value is -2.23. The first kappa shape index (κ1) is 12.8. The Kier molecular flexibility index (Phi) is 2.64. The molecular formula is C16H16N2O2. The van der Waals surface area contributed by atoms with E-state index >= 15 is 0 Å². The molecule has 4 nitrogen and oxygen atoms in total. The van der Waals surface area contributed by atoms with Crippen LogP contribution in [0.2, 0.25) is 0 Å². The van der Waals surface area contributed by atoms with Gasteiger partial charge in [0.2, 0.25) is 0 Å². The lowest BCUT2D eigenvalue weighted by Crippen LogP contribution is -2.22. The topological polar surface area (TPSA) is 55.5 Å². The highest BCUT2D eigenvalue weighted by molar-refractivity contribution is 5.99. The fourth-order valence-electron chi connectivity index (χ4n) is 2.32. The van der Waals surface area contributed by atoms with Crippen LogP contribution in [0.5, 0.6) is 0 Å². The first-order chi connectivity index (χ1) is 9.39. The van der Waals surface area contributed by atoms with E-state index in [1.165, 1.54) is 6.92 Å². The van der Waals surface area contributed by atoms with Gasteiger partial charge in [0.25, 0.3) is 0 Å². The standard InChI is InChI=1S/C16H16N2O2/c1-9(19)13-7-8-14(20-13)12-6-5-11-15(18-12)17-10(2)16(11,3)4/h5-8H,1-4H3. The molecule has 0 unspecified atom stereocenters. The molecule has 20 heavy (non-hydrogen) atoms. The zero-order chi connectivity index (χ0) is 14.5. The van der Waals surface area contributed by atoms with Crippen molar-refractivity contribution in [1.82, 2.24) is 4.98 Å². The monoisotopic (exact) mass is 268 g/mol. The van der Waals surface area contributed by atoms with Crippen LogP contribution in [0.25, 0.3) is 11.5 Å². The number of ketones is 1. The van der Waals surface area contributed by atoms with E-state index in [1.807, 2.05) is 19.1 Å². The minimum Gasteiger partial charge on any atom is -0.451 e. The molecule has 1 aliphatic rings. The second-order valence-corrected chi connectivity index (χ2v) is 5.61. The van der Waals surface area contributed by atoms with Crippen molar-refractivity contribution in [2.75, 3.05) is 0 Å². The smallest absolute Gasteiger partial charge is 0.194 e. The molecule has 3 rings (SSSR count). The van der Waals surface area contributed by atoms with Crippen LogP contribution < -0.4 is 0 Å². The highest BCUT2D eigenvalue weighted by atomic mass is 16.3. The predicted molar refractivity (Wildman–Crippen MR) is 77.7 cm³/mol. The highest BCUT2D eigenvalue weighted by Gasteiger charge is 2.33. The summed E-state index contributed by atoms with van der Waals surface area (Å²) in [6.07, 6.45) is 0. The number of Topliss-reactive ketones (excluding diaryl/α,β-unsaturated/α-hetero) is 1. The van der Waals surface area contributed by atoms with Gasteiger partial charge in [0.15, 0.2) is 23.1 Å². The number of aliphatic imine (C=N–C) groups is 1. The summed E-state index contributed by atoms with van der Waals surface area (Å²) in [6, 6.07) is 7.39. The van der Waals surface area contributed by atoms with Gasteiger partial charge in [-0.15, -0.1) is 0 Å². The molecule has 0 saturated heterocycles. The second-order valence-electron chi connectivity index (χ2n) is 5.61. The quantitative estimate of drug-likeness (QED) is 0.775. The van der Waals surface area contributed by atoms with Crippen molar-refractivity contribution in [3.05, 3.63) is 35.6 Å². The first-order valence-corrected chi connectivity index (χ1v) is 6.58. The highest BCUT2D eigenvalue weighted by Crippen LogP contribution is 2.39. The summed E-state index contributed by atoms with van der Waals surface area (Å²) in [5.41, 5.74) is 2.80. The summed E-state index contributed by atoms with van der Waals surface area (Å²) in [5.74, 6) is 1.59. The molecule has 4 heteroatoms. The van der Waals surface area contributed by atoms with Crippen molar-refractivity contribution >= 4 is 17.3 Å². The third-order valence-corrected chi connectivity index (χ3v) is 3.93. The van der Waals surface area contributed by atoms with Gasteiger partial charge in [-0.1, -0.05) is 19.9 Å². The van der Waals surface area contributed by atoms with Crippen molar-refractivity contribution in [3.63, 3.8) is 0 Å². The number of rotatable bonds is 2. The number of carbonyl (C=O) groups is 1. The predicted octanol–water partition coefficient (Wildman–Crippen LogP) is 3.93. The van der Waals surface area contributed by atoms with Crippen LogP contribution in [0.3, 0.4) is 0 Å². The SMILES string of the molecule is CC(=O)c1ccc(-c2ccc3c(n2)N=C(C)C3(C)C)o1. The Morgan fingerprint density at radius 1 is 1.20 bits per heavy atom. The Morgan fingerprint density at radius 3 is 2.60 bits per heavy atom. The normalized spacial score (nSPS) is 15.9. The van der Waals surface area contributed by atoms with Crippen LogP contribution in [0, 0.1) is 0 Å². The maximum atomic E-state index is 11.3. The summed E-state index contributed by atoms with van der Waals surface area (Å²) in [4.78, 5) is 20.3. The average Bonchev–Trinajstić information content (AvgIpc) is 2.94. The van der Waals surface area contributed by atoms with Gasteiger partial charge >= 0.3 is 0 Å². The van der Waals surface area contributed by atoms with E-state index in [9.17, 15) is 4.79 Å². The Morgan fingerprint density at radius 2 is 1.95 bits per heavy atom. The summed E-state index contributed by atoms with van der Waals surface area (Å²) in [7, 11) is 0. The van der Waals surface area contributed by atoms with Crippen molar-refractivity contribution in [2.24, 2.45) is 4.99 Å². The second kappa shape index (κ2) is 4.13. The third kappa shape index (κ3) is 1.80. The van der Waals surface area contributed by atoms with Crippen LogP contribution in [0.4, 0.5) is 5.82 Å². The van der Waals surface area contributed by atoms with Crippen LogP contribution in [-0.4, -0.2) is 16.5 Å². The van der Waals surface area contributed by atoms with Gasteiger partial charge in [0.1, 0.15) is 5.69 Å². The zero-order valence-electron chi connectivity index (χ0n) is 12.0. The number of hydrogen-bond acceptors (Lipinski definition) is 4. The Bertz CT molecular complexity index is 739. The Balaban J connectivity index is 2.06. The van der Waals surface area contributed by atoms with Gasteiger partial charge < -0.3 is 4.42 Å². The maximum Gasteiger partial charge on any atom is 0.194 e. The molecular weight excluding hydrogens is 252 g/mol. The lowest BCUT2D eigenvalue weighted by molar-refractivity contribution is 0.0988. The van der Waals surface area contributed by atoms with Gasteiger partial charge in [-0.25, -0.2) is 9.98 Å². The molecule has 2 aromatic heterocycles. The molecule has 0 atom stereocenters. The minimum atomic E-state index is -0.0904. The molecule has 102 valence electrons. The van der Waals surface area contributed by atoms with Crippen LogP contribution in [0.15, 0.2) is 33.7 Å².